The Hall–Kier alpha value is -2.01. The zero-order chi connectivity index (χ0) is 18.4. The predicted octanol–water partition coefficient (Wildman–Crippen LogP) is 5.11. The Morgan fingerprint density at radius 1 is 1.07 bits per heavy atom. The summed E-state index contributed by atoms with van der Waals surface area (Å²) in [5, 5.41) is 1.34. The quantitative estimate of drug-likeness (QED) is 0.621. The van der Waals surface area contributed by atoms with Crippen LogP contribution in [0.3, 0.4) is 0 Å². The van der Waals surface area contributed by atoms with Crippen molar-refractivity contribution in [2.24, 2.45) is 11.8 Å². The van der Waals surface area contributed by atoms with Gasteiger partial charge in [-0.1, -0.05) is 13.8 Å². The molecule has 1 saturated heterocycles. The van der Waals surface area contributed by atoms with Gasteiger partial charge in [-0.2, -0.15) is 0 Å². The van der Waals surface area contributed by atoms with Crippen LogP contribution in [0.4, 0.5) is 5.82 Å². The number of piperidine rings is 1. The molecule has 1 fully saturated rings. The molecule has 0 N–H and O–H groups in total. The molecule has 0 radical (unpaired) electrons. The number of thiophene rings is 1. The van der Waals surface area contributed by atoms with Gasteiger partial charge in [0.2, 0.25) is 0 Å². The Morgan fingerprint density at radius 2 is 1.89 bits per heavy atom. The third kappa shape index (κ3) is 3.12. The topological polar surface area (TPSA) is 41.9 Å². The summed E-state index contributed by atoms with van der Waals surface area (Å²) in [5.74, 6) is 3.39. The summed E-state index contributed by atoms with van der Waals surface area (Å²) in [6, 6.07) is 4.03. The highest BCUT2D eigenvalue weighted by Crippen LogP contribution is 2.41. The van der Waals surface area contributed by atoms with Crippen molar-refractivity contribution >= 4 is 27.4 Å². The van der Waals surface area contributed by atoms with E-state index in [0.717, 1.165) is 35.1 Å². The van der Waals surface area contributed by atoms with Gasteiger partial charge in [0.05, 0.1) is 5.39 Å². The molecule has 0 aromatic carbocycles. The molecule has 0 bridgehead atoms. The second kappa shape index (κ2) is 6.86. The number of aryl methyl sites for hydroxylation is 2. The SMILES string of the molecule is C[C@H]1C[C@H](C)CN(c2nc(-c3cccnc3)nc3sc4c(c23)CCCC4)C1. The van der Waals surface area contributed by atoms with E-state index in [2.05, 4.69) is 29.8 Å². The first-order chi connectivity index (χ1) is 13.2. The van der Waals surface area contributed by atoms with Crippen LogP contribution < -0.4 is 4.90 Å². The number of pyridine rings is 1. The minimum atomic E-state index is 0.704. The first kappa shape index (κ1) is 17.1. The highest BCUT2D eigenvalue weighted by molar-refractivity contribution is 7.19. The van der Waals surface area contributed by atoms with Gasteiger partial charge in [-0.05, 0) is 61.6 Å². The lowest BCUT2D eigenvalue weighted by atomic mass is 9.91. The standard InChI is InChI=1S/C22H26N4S/c1-14-10-15(2)13-26(12-14)21-19-17-7-3-4-8-18(17)27-22(19)25-20(24-21)16-6-5-9-23-11-16/h5-6,9,11,14-15H,3-4,7-8,10,12-13H2,1-2H3/t14-,15-/m0/s1. The highest BCUT2D eigenvalue weighted by Gasteiger charge is 2.28. The minimum Gasteiger partial charge on any atom is -0.355 e. The number of nitrogens with zero attached hydrogens (tertiary/aromatic N) is 4. The van der Waals surface area contributed by atoms with E-state index in [1.807, 2.05) is 23.6 Å². The molecule has 0 spiro atoms. The lowest BCUT2D eigenvalue weighted by molar-refractivity contribution is 0.356. The number of fused-ring (bicyclic) bond motifs is 3. The summed E-state index contributed by atoms with van der Waals surface area (Å²) in [6.45, 7) is 6.92. The highest BCUT2D eigenvalue weighted by atomic mass is 32.1. The summed E-state index contributed by atoms with van der Waals surface area (Å²) in [5.41, 5.74) is 2.53. The van der Waals surface area contributed by atoms with Crippen molar-refractivity contribution in [2.75, 3.05) is 18.0 Å². The summed E-state index contributed by atoms with van der Waals surface area (Å²) < 4.78 is 0. The van der Waals surface area contributed by atoms with Crippen molar-refractivity contribution < 1.29 is 0 Å². The average Bonchev–Trinajstić information content (AvgIpc) is 3.05. The Morgan fingerprint density at radius 3 is 2.67 bits per heavy atom. The second-order valence-electron chi connectivity index (χ2n) is 8.35. The Bertz CT molecular complexity index is 955. The molecule has 5 rings (SSSR count). The maximum atomic E-state index is 5.13. The van der Waals surface area contributed by atoms with E-state index >= 15 is 0 Å². The lowest BCUT2D eigenvalue weighted by Crippen LogP contribution is -2.39. The maximum absolute atomic E-state index is 5.13. The first-order valence-corrected chi connectivity index (χ1v) is 11.0. The minimum absolute atomic E-state index is 0.704. The second-order valence-corrected chi connectivity index (χ2v) is 9.44. The number of rotatable bonds is 2. The lowest BCUT2D eigenvalue weighted by Gasteiger charge is -2.36. The van der Waals surface area contributed by atoms with Crippen LogP contribution in [0.1, 0.15) is 43.6 Å². The van der Waals surface area contributed by atoms with Crippen molar-refractivity contribution in [1.29, 1.82) is 0 Å². The summed E-state index contributed by atoms with van der Waals surface area (Å²) in [7, 11) is 0. The molecule has 4 heterocycles. The van der Waals surface area contributed by atoms with Gasteiger partial charge in [-0.25, -0.2) is 9.97 Å². The molecule has 3 aromatic rings. The molecular weight excluding hydrogens is 352 g/mol. The van der Waals surface area contributed by atoms with Crippen LogP contribution in [0.5, 0.6) is 0 Å². The van der Waals surface area contributed by atoms with Gasteiger partial charge < -0.3 is 4.90 Å². The van der Waals surface area contributed by atoms with Crippen LogP contribution in [0.2, 0.25) is 0 Å². The Kier molecular flexibility index (Phi) is 4.35. The van der Waals surface area contributed by atoms with Crippen LogP contribution in [-0.2, 0) is 12.8 Å². The zero-order valence-electron chi connectivity index (χ0n) is 16.1. The monoisotopic (exact) mass is 378 g/mol. The van der Waals surface area contributed by atoms with E-state index in [1.54, 1.807) is 6.20 Å². The molecule has 0 amide bonds. The van der Waals surface area contributed by atoms with Crippen molar-refractivity contribution in [1.82, 2.24) is 15.0 Å². The average molecular weight is 379 g/mol. The van der Waals surface area contributed by atoms with Gasteiger partial charge in [0.25, 0.3) is 0 Å². The van der Waals surface area contributed by atoms with Gasteiger partial charge in [-0.3, -0.25) is 4.98 Å². The van der Waals surface area contributed by atoms with E-state index in [1.165, 1.54) is 47.9 Å². The predicted molar refractivity (Wildman–Crippen MR) is 112 cm³/mol. The van der Waals surface area contributed by atoms with Crippen LogP contribution in [0.15, 0.2) is 24.5 Å². The largest absolute Gasteiger partial charge is 0.355 e. The molecule has 3 aromatic heterocycles. The van der Waals surface area contributed by atoms with Gasteiger partial charge in [-0.15, -0.1) is 11.3 Å². The molecule has 0 unspecified atom stereocenters. The van der Waals surface area contributed by atoms with E-state index in [0.29, 0.717) is 11.8 Å². The van der Waals surface area contributed by atoms with Crippen LogP contribution in [0, 0.1) is 11.8 Å². The molecule has 1 aliphatic heterocycles. The fourth-order valence-corrected chi connectivity index (χ4v) is 6.08. The molecule has 1 aliphatic carbocycles. The molecule has 5 heteroatoms. The van der Waals surface area contributed by atoms with Gasteiger partial charge in [0.15, 0.2) is 5.82 Å². The van der Waals surface area contributed by atoms with E-state index in [9.17, 15) is 0 Å². The summed E-state index contributed by atoms with van der Waals surface area (Å²) >= 11 is 1.89. The molecular formula is C22H26N4S. The molecule has 140 valence electrons. The number of hydrogen-bond donors (Lipinski definition) is 0. The fraction of sp³-hybridized carbons (Fsp3) is 0.500. The van der Waals surface area contributed by atoms with Gasteiger partial charge in [0.1, 0.15) is 10.6 Å². The van der Waals surface area contributed by atoms with E-state index in [4.69, 9.17) is 9.97 Å². The fourth-order valence-electron chi connectivity index (χ4n) is 4.83. The number of aromatic nitrogens is 3. The van der Waals surface area contributed by atoms with Crippen LogP contribution in [0.25, 0.3) is 21.6 Å². The summed E-state index contributed by atoms with van der Waals surface area (Å²) in [4.78, 5) is 19.6. The van der Waals surface area contributed by atoms with Crippen LogP contribution in [-0.4, -0.2) is 28.0 Å². The van der Waals surface area contributed by atoms with E-state index < -0.39 is 0 Å². The van der Waals surface area contributed by atoms with Gasteiger partial charge in [0, 0.05) is 35.9 Å². The van der Waals surface area contributed by atoms with Crippen LogP contribution >= 0.6 is 11.3 Å². The van der Waals surface area contributed by atoms with Gasteiger partial charge >= 0.3 is 0 Å². The summed E-state index contributed by atoms with van der Waals surface area (Å²) in [6.07, 6.45) is 9.95. The molecule has 27 heavy (non-hydrogen) atoms. The third-order valence-corrected chi connectivity index (χ3v) is 7.07. The van der Waals surface area contributed by atoms with E-state index in [-0.39, 0.29) is 0 Å². The van der Waals surface area contributed by atoms with Crippen molar-refractivity contribution in [3.63, 3.8) is 0 Å². The van der Waals surface area contributed by atoms with Crippen molar-refractivity contribution in [3.05, 3.63) is 35.0 Å². The zero-order valence-corrected chi connectivity index (χ0v) is 16.9. The third-order valence-electron chi connectivity index (χ3n) is 5.88. The smallest absolute Gasteiger partial charge is 0.164 e. The van der Waals surface area contributed by atoms with Crippen molar-refractivity contribution in [3.8, 4) is 11.4 Å². The molecule has 0 saturated carbocycles. The number of anilines is 1. The Labute approximate surface area is 164 Å². The van der Waals surface area contributed by atoms with Crippen molar-refractivity contribution in [2.45, 2.75) is 46.0 Å². The molecule has 2 atom stereocenters. The maximum Gasteiger partial charge on any atom is 0.164 e. The Balaban J connectivity index is 1.71. The first-order valence-electron chi connectivity index (χ1n) is 10.2. The molecule has 4 nitrogen and oxygen atoms in total. The molecule has 2 aliphatic rings. The number of hydrogen-bond acceptors (Lipinski definition) is 5. The normalized spacial score (nSPS) is 22.8.